The van der Waals surface area contributed by atoms with Crippen LogP contribution in [-0.2, 0) is 9.84 Å². The van der Waals surface area contributed by atoms with Gasteiger partial charge >= 0.3 is 0 Å². The summed E-state index contributed by atoms with van der Waals surface area (Å²) in [5.74, 6) is 1.81. The molecule has 2 N–H and O–H groups in total. The lowest BCUT2D eigenvalue weighted by Crippen LogP contribution is -2.21. The Morgan fingerprint density at radius 2 is 2.05 bits per heavy atom. The predicted molar refractivity (Wildman–Crippen MR) is 77.9 cm³/mol. The van der Waals surface area contributed by atoms with E-state index in [1.807, 2.05) is 0 Å². The van der Waals surface area contributed by atoms with Gasteiger partial charge in [-0.05, 0) is 36.5 Å². The summed E-state index contributed by atoms with van der Waals surface area (Å²) in [5, 5.41) is -0.711. The Balaban J connectivity index is 2.27. The molecule has 2 rings (SSSR count). The van der Waals surface area contributed by atoms with Gasteiger partial charge < -0.3 is 15.2 Å². The van der Waals surface area contributed by atoms with Gasteiger partial charge in [-0.1, -0.05) is 6.07 Å². The Kier molecular flexibility index (Phi) is 4.55. The standard InChI is InChI=1S/C14H21NO4S/c1-18-12-6-5-11(14(8-15)20(2,16)17)7-13(12)19-9-10-3-4-10/h5-7,10,14H,3-4,8-9,15H2,1-2H3. The van der Waals surface area contributed by atoms with Crippen LogP contribution in [0.1, 0.15) is 23.7 Å². The molecule has 112 valence electrons. The second-order valence-electron chi connectivity index (χ2n) is 5.22. The van der Waals surface area contributed by atoms with E-state index in [0.29, 0.717) is 29.6 Å². The molecule has 1 saturated carbocycles. The van der Waals surface area contributed by atoms with Crippen molar-refractivity contribution in [2.24, 2.45) is 11.7 Å². The van der Waals surface area contributed by atoms with Gasteiger partial charge in [-0.15, -0.1) is 0 Å². The van der Waals surface area contributed by atoms with Crippen LogP contribution in [0.5, 0.6) is 11.5 Å². The van der Waals surface area contributed by atoms with Crippen LogP contribution in [0.15, 0.2) is 18.2 Å². The number of methoxy groups -OCH3 is 1. The van der Waals surface area contributed by atoms with Crippen LogP contribution in [0.25, 0.3) is 0 Å². The third-order valence-electron chi connectivity index (χ3n) is 3.46. The van der Waals surface area contributed by atoms with E-state index in [-0.39, 0.29) is 6.54 Å². The molecule has 0 amide bonds. The van der Waals surface area contributed by atoms with Gasteiger partial charge in [-0.3, -0.25) is 0 Å². The molecule has 6 heteroatoms. The van der Waals surface area contributed by atoms with Crippen LogP contribution in [0, 0.1) is 5.92 Å². The summed E-state index contributed by atoms with van der Waals surface area (Å²) in [6.07, 6.45) is 3.58. The third-order valence-corrected chi connectivity index (χ3v) is 4.96. The normalized spacial score (nSPS) is 16.8. The summed E-state index contributed by atoms with van der Waals surface area (Å²) >= 11 is 0. The number of sulfone groups is 1. The Morgan fingerprint density at radius 1 is 1.35 bits per heavy atom. The van der Waals surface area contributed by atoms with Gasteiger partial charge in [-0.2, -0.15) is 0 Å². The second-order valence-corrected chi connectivity index (χ2v) is 7.45. The van der Waals surface area contributed by atoms with Gasteiger partial charge in [-0.25, -0.2) is 8.42 Å². The molecule has 5 nitrogen and oxygen atoms in total. The molecule has 1 fully saturated rings. The Bertz CT molecular complexity index is 567. The van der Waals surface area contributed by atoms with Crippen molar-refractivity contribution in [3.63, 3.8) is 0 Å². The van der Waals surface area contributed by atoms with Crippen LogP contribution in [-0.4, -0.2) is 34.9 Å². The molecular weight excluding hydrogens is 278 g/mol. The summed E-state index contributed by atoms with van der Waals surface area (Å²) in [6.45, 7) is 0.694. The molecule has 1 atom stereocenters. The maximum Gasteiger partial charge on any atom is 0.161 e. The highest BCUT2D eigenvalue weighted by molar-refractivity contribution is 7.91. The summed E-state index contributed by atoms with van der Waals surface area (Å²) < 4.78 is 34.5. The zero-order valence-corrected chi connectivity index (χ0v) is 12.7. The minimum absolute atomic E-state index is 0.0488. The third kappa shape index (κ3) is 3.64. The minimum Gasteiger partial charge on any atom is -0.493 e. The maximum absolute atomic E-state index is 11.8. The fourth-order valence-electron chi connectivity index (χ4n) is 2.06. The molecule has 0 aromatic heterocycles. The number of hydrogen-bond acceptors (Lipinski definition) is 5. The maximum atomic E-state index is 11.8. The fraction of sp³-hybridized carbons (Fsp3) is 0.571. The Labute approximate surface area is 120 Å². The molecule has 0 radical (unpaired) electrons. The van der Waals surface area contributed by atoms with Crippen LogP contribution in [0.4, 0.5) is 0 Å². The smallest absolute Gasteiger partial charge is 0.161 e. The lowest BCUT2D eigenvalue weighted by molar-refractivity contribution is 0.280. The van der Waals surface area contributed by atoms with Gasteiger partial charge in [0.1, 0.15) is 0 Å². The highest BCUT2D eigenvalue weighted by Gasteiger charge is 2.25. The molecule has 0 spiro atoms. The zero-order valence-electron chi connectivity index (χ0n) is 11.8. The molecule has 0 saturated heterocycles. The fourth-order valence-corrected chi connectivity index (χ4v) is 3.05. The molecule has 1 aromatic carbocycles. The van der Waals surface area contributed by atoms with Crippen molar-refractivity contribution in [3.8, 4) is 11.5 Å². The number of nitrogens with two attached hydrogens (primary N) is 1. The average Bonchev–Trinajstić information content (AvgIpc) is 3.19. The second kappa shape index (κ2) is 6.01. The van der Waals surface area contributed by atoms with Gasteiger partial charge in [0.2, 0.25) is 0 Å². The molecule has 1 aromatic rings. The van der Waals surface area contributed by atoms with Gasteiger partial charge in [0.25, 0.3) is 0 Å². The van der Waals surface area contributed by atoms with Crippen LogP contribution >= 0.6 is 0 Å². The van der Waals surface area contributed by atoms with Crippen molar-refractivity contribution in [3.05, 3.63) is 23.8 Å². The predicted octanol–water partition coefficient (Wildman–Crippen LogP) is 1.53. The van der Waals surface area contributed by atoms with Crippen molar-refractivity contribution in [1.29, 1.82) is 0 Å². The molecule has 1 aliphatic rings. The first-order valence-electron chi connectivity index (χ1n) is 6.65. The van der Waals surface area contributed by atoms with E-state index in [4.69, 9.17) is 15.2 Å². The highest BCUT2D eigenvalue weighted by atomic mass is 32.2. The number of hydrogen-bond donors (Lipinski definition) is 1. The van der Waals surface area contributed by atoms with Crippen molar-refractivity contribution in [2.75, 3.05) is 26.5 Å². The van der Waals surface area contributed by atoms with Crippen molar-refractivity contribution < 1.29 is 17.9 Å². The molecule has 20 heavy (non-hydrogen) atoms. The van der Waals surface area contributed by atoms with Crippen LogP contribution < -0.4 is 15.2 Å². The van der Waals surface area contributed by atoms with E-state index in [1.54, 1.807) is 25.3 Å². The van der Waals surface area contributed by atoms with E-state index in [2.05, 4.69) is 0 Å². The summed E-state index contributed by atoms with van der Waals surface area (Å²) in [6, 6.07) is 5.17. The lowest BCUT2D eigenvalue weighted by Gasteiger charge is -2.16. The number of benzene rings is 1. The molecule has 0 bridgehead atoms. The molecule has 1 unspecified atom stereocenters. The van der Waals surface area contributed by atoms with Crippen molar-refractivity contribution in [2.45, 2.75) is 18.1 Å². The molecule has 0 aliphatic heterocycles. The van der Waals surface area contributed by atoms with Crippen LogP contribution in [0.3, 0.4) is 0 Å². The zero-order chi connectivity index (χ0) is 14.8. The summed E-state index contributed by atoms with van der Waals surface area (Å²) in [4.78, 5) is 0. The highest BCUT2D eigenvalue weighted by Crippen LogP contribution is 2.35. The van der Waals surface area contributed by atoms with E-state index < -0.39 is 15.1 Å². The summed E-state index contributed by atoms with van der Waals surface area (Å²) in [5.41, 5.74) is 6.23. The average molecular weight is 299 g/mol. The minimum atomic E-state index is -3.24. The van der Waals surface area contributed by atoms with Crippen LogP contribution in [0.2, 0.25) is 0 Å². The monoisotopic (exact) mass is 299 g/mol. The first-order chi connectivity index (χ1) is 9.45. The van der Waals surface area contributed by atoms with E-state index >= 15 is 0 Å². The quantitative estimate of drug-likeness (QED) is 0.826. The summed E-state index contributed by atoms with van der Waals surface area (Å²) in [7, 11) is -1.68. The Hall–Kier alpha value is -1.27. The topological polar surface area (TPSA) is 78.6 Å². The number of ether oxygens (including phenoxy) is 2. The first-order valence-corrected chi connectivity index (χ1v) is 8.60. The lowest BCUT2D eigenvalue weighted by atomic mass is 10.1. The van der Waals surface area contributed by atoms with Gasteiger partial charge in [0.15, 0.2) is 21.3 Å². The Morgan fingerprint density at radius 3 is 2.55 bits per heavy atom. The van der Waals surface area contributed by atoms with E-state index in [0.717, 1.165) is 0 Å². The first kappa shape index (κ1) is 15.1. The van der Waals surface area contributed by atoms with Gasteiger partial charge in [0, 0.05) is 12.8 Å². The van der Waals surface area contributed by atoms with Gasteiger partial charge in [0.05, 0.1) is 19.0 Å². The largest absolute Gasteiger partial charge is 0.493 e. The van der Waals surface area contributed by atoms with E-state index in [1.165, 1.54) is 19.1 Å². The van der Waals surface area contributed by atoms with Crippen molar-refractivity contribution in [1.82, 2.24) is 0 Å². The molecule has 0 heterocycles. The molecular formula is C14H21NO4S. The number of rotatable bonds is 7. The van der Waals surface area contributed by atoms with Crippen molar-refractivity contribution >= 4 is 9.84 Å². The SMILES string of the molecule is COc1ccc(C(CN)S(C)(=O)=O)cc1OCC1CC1. The van der Waals surface area contributed by atoms with E-state index in [9.17, 15) is 8.42 Å². The molecule has 1 aliphatic carbocycles.